The molecule has 2 aromatic rings. The first-order chi connectivity index (χ1) is 9.25. The number of hydrogen-bond donors (Lipinski definition) is 0. The van der Waals surface area contributed by atoms with Gasteiger partial charge in [-0.1, -0.05) is 36.4 Å². The SMILES string of the molecule is O=C1CS[C@@H](c2ccccc2)N1c1cccc(F)c1. The summed E-state index contributed by atoms with van der Waals surface area (Å²) < 4.78 is 13.3. The molecule has 1 heterocycles. The van der Waals surface area contributed by atoms with Crippen molar-refractivity contribution >= 4 is 23.4 Å². The maximum atomic E-state index is 13.3. The Bertz CT molecular complexity index is 602. The fourth-order valence-electron chi connectivity index (χ4n) is 2.19. The molecule has 19 heavy (non-hydrogen) atoms. The van der Waals surface area contributed by atoms with Gasteiger partial charge >= 0.3 is 0 Å². The van der Waals surface area contributed by atoms with Crippen LogP contribution in [-0.4, -0.2) is 11.7 Å². The fraction of sp³-hybridized carbons (Fsp3) is 0.133. The van der Waals surface area contributed by atoms with Crippen LogP contribution in [0.2, 0.25) is 0 Å². The van der Waals surface area contributed by atoms with Crippen LogP contribution in [0.3, 0.4) is 0 Å². The van der Waals surface area contributed by atoms with Crippen LogP contribution in [0.4, 0.5) is 10.1 Å². The molecule has 0 spiro atoms. The topological polar surface area (TPSA) is 20.3 Å². The molecule has 0 N–H and O–H groups in total. The minimum Gasteiger partial charge on any atom is -0.295 e. The first-order valence-corrected chi connectivity index (χ1v) is 7.05. The predicted octanol–water partition coefficient (Wildman–Crippen LogP) is 3.60. The Hall–Kier alpha value is -1.81. The van der Waals surface area contributed by atoms with E-state index in [9.17, 15) is 9.18 Å². The summed E-state index contributed by atoms with van der Waals surface area (Å²) in [5.41, 5.74) is 1.67. The Morgan fingerprint density at radius 2 is 1.89 bits per heavy atom. The third kappa shape index (κ3) is 2.36. The van der Waals surface area contributed by atoms with Crippen LogP contribution in [-0.2, 0) is 4.79 Å². The molecule has 0 radical (unpaired) electrons. The summed E-state index contributed by atoms with van der Waals surface area (Å²) >= 11 is 1.57. The molecule has 0 aliphatic carbocycles. The van der Waals surface area contributed by atoms with Crippen molar-refractivity contribution in [3.63, 3.8) is 0 Å². The van der Waals surface area contributed by atoms with Crippen molar-refractivity contribution in [2.75, 3.05) is 10.7 Å². The Balaban J connectivity index is 2.00. The van der Waals surface area contributed by atoms with E-state index >= 15 is 0 Å². The summed E-state index contributed by atoms with van der Waals surface area (Å²) in [6, 6.07) is 16.0. The molecule has 2 aromatic carbocycles. The van der Waals surface area contributed by atoms with Crippen molar-refractivity contribution in [3.05, 3.63) is 66.0 Å². The van der Waals surface area contributed by atoms with E-state index in [-0.39, 0.29) is 17.1 Å². The number of rotatable bonds is 2. The molecule has 1 saturated heterocycles. The van der Waals surface area contributed by atoms with Gasteiger partial charge in [0.1, 0.15) is 11.2 Å². The minimum absolute atomic E-state index is 0.0180. The second-order valence-electron chi connectivity index (χ2n) is 4.32. The average Bonchev–Trinajstić information content (AvgIpc) is 2.82. The monoisotopic (exact) mass is 273 g/mol. The van der Waals surface area contributed by atoms with E-state index in [2.05, 4.69) is 0 Å². The fourth-order valence-corrected chi connectivity index (χ4v) is 3.37. The molecule has 0 unspecified atom stereocenters. The van der Waals surface area contributed by atoms with Crippen LogP contribution >= 0.6 is 11.8 Å². The van der Waals surface area contributed by atoms with Crippen LogP contribution < -0.4 is 4.90 Å². The highest BCUT2D eigenvalue weighted by Crippen LogP contribution is 2.41. The average molecular weight is 273 g/mol. The van der Waals surface area contributed by atoms with Gasteiger partial charge in [-0.2, -0.15) is 0 Å². The van der Waals surface area contributed by atoms with Gasteiger partial charge in [-0.15, -0.1) is 11.8 Å². The van der Waals surface area contributed by atoms with E-state index in [1.165, 1.54) is 12.1 Å². The lowest BCUT2D eigenvalue weighted by Crippen LogP contribution is -2.27. The molecular weight excluding hydrogens is 261 g/mol. The Morgan fingerprint density at radius 3 is 2.63 bits per heavy atom. The van der Waals surface area contributed by atoms with E-state index in [1.807, 2.05) is 30.3 Å². The Morgan fingerprint density at radius 1 is 1.11 bits per heavy atom. The maximum absolute atomic E-state index is 13.3. The molecular formula is C15H12FNOS. The quantitative estimate of drug-likeness (QED) is 0.833. The van der Waals surface area contributed by atoms with Gasteiger partial charge < -0.3 is 0 Å². The molecule has 4 heteroatoms. The Kier molecular flexibility index (Phi) is 3.25. The highest BCUT2D eigenvalue weighted by atomic mass is 32.2. The van der Waals surface area contributed by atoms with E-state index in [4.69, 9.17) is 0 Å². The second-order valence-corrected chi connectivity index (χ2v) is 5.39. The van der Waals surface area contributed by atoms with Crippen molar-refractivity contribution in [3.8, 4) is 0 Å². The van der Waals surface area contributed by atoms with Gasteiger partial charge in [0.15, 0.2) is 0 Å². The largest absolute Gasteiger partial charge is 0.295 e. The maximum Gasteiger partial charge on any atom is 0.238 e. The molecule has 1 atom stereocenters. The summed E-state index contributed by atoms with van der Waals surface area (Å²) in [7, 11) is 0. The predicted molar refractivity (Wildman–Crippen MR) is 75.5 cm³/mol. The van der Waals surface area contributed by atoms with Crippen molar-refractivity contribution in [2.24, 2.45) is 0 Å². The number of benzene rings is 2. The minimum atomic E-state index is -0.325. The molecule has 0 bridgehead atoms. The number of nitrogens with zero attached hydrogens (tertiary/aromatic N) is 1. The summed E-state index contributed by atoms with van der Waals surface area (Å²) in [4.78, 5) is 13.7. The smallest absolute Gasteiger partial charge is 0.238 e. The first-order valence-electron chi connectivity index (χ1n) is 6.00. The van der Waals surface area contributed by atoms with Gasteiger partial charge in [0, 0.05) is 5.69 Å². The van der Waals surface area contributed by atoms with Crippen LogP contribution in [0.1, 0.15) is 10.9 Å². The van der Waals surface area contributed by atoms with Gasteiger partial charge in [-0.25, -0.2) is 4.39 Å². The third-order valence-electron chi connectivity index (χ3n) is 3.04. The number of halogens is 1. The second kappa shape index (κ2) is 5.05. The molecule has 3 rings (SSSR count). The number of amides is 1. The molecule has 96 valence electrons. The van der Waals surface area contributed by atoms with Crippen molar-refractivity contribution in [2.45, 2.75) is 5.37 Å². The van der Waals surface area contributed by atoms with Crippen LogP contribution in [0, 0.1) is 5.82 Å². The van der Waals surface area contributed by atoms with Crippen molar-refractivity contribution in [1.82, 2.24) is 0 Å². The van der Waals surface area contributed by atoms with Crippen molar-refractivity contribution in [1.29, 1.82) is 0 Å². The lowest BCUT2D eigenvalue weighted by atomic mass is 10.2. The van der Waals surface area contributed by atoms with Gasteiger partial charge in [-0.05, 0) is 23.8 Å². The van der Waals surface area contributed by atoms with Gasteiger partial charge in [0.05, 0.1) is 5.75 Å². The molecule has 1 aliphatic heterocycles. The number of carbonyl (C=O) groups is 1. The van der Waals surface area contributed by atoms with Gasteiger partial charge in [0.2, 0.25) is 5.91 Å². The highest BCUT2D eigenvalue weighted by Gasteiger charge is 2.33. The molecule has 0 saturated carbocycles. The number of thioether (sulfide) groups is 1. The van der Waals surface area contributed by atoms with Gasteiger partial charge in [0.25, 0.3) is 0 Å². The lowest BCUT2D eigenvalue weighted by Gasteiger charge is -2.24. The van der Waals surface area contributed by atoms with Crippen LogP contribution in [0.15, 0.2) is 54.6 Å². The summed E-state index contributed by atoms with van der Waals surface area (Å²) in [5.74, 6) is 0.120. The summed E-state index contributed by atoms with van der Waals surface area (Å²) in [6.45, 7) is 0. The molecule has 0 aromatic heterocycles. The Labute approximate surface area is 115 Å². The normalized spacial score (nSPS) is 18.9. The van der Waals surface area contributed by atoms with Crippen LogP contribution in [0.5, 0.6) is 0 Å². The molecule has 1 amide bonds. The first kappa shape index (κ1) is 12.2. The molecule has 1 fully saturated rings. The lowest BCUT2D eigenvalue weighted by molar-refractivity contribution is -0.115. The van der Waals surface area contributed by atoms with Crippen LogP contribution in [0.25, 0.3) is 0 Å². The third-order valence-corrected chi connectivity index (χ3v) is 4.25. The number of carbonyl (C=O) groups excluding carboxylic acids is 1. The summed E-state index contributed by atoms with van der Waals surface area (Å²) in [5, 5.41) is -0.0736. The standard InChI is InChI=1S/C15H12FNOS/c16-12-7-4-8-13(9-12)17-14(18)10-19-15(17)11-5-2-1-3-6-11/h1-9,15H,10H2/t15-/m0/s1. The number of hydrogen-bond acceptors (Lipinski definition) is 2. The zero-order valence-electron chi connectivity index (χ0n) is 10.1. The van der Waals surface area contributed by atoms with E-state index in [1.54, 1.807) is 28.8 Å². The van der Waals surface area contributed by atoms with Gasteiger partial charge in [-0.3, -0.25) is 9.69 Å². The zero-order chi connectivity index (χ0) is 13.2. The number of anilines is 1. The summed E-state index contributed by atoms with van der Waals surface area (Å²) in [6.07, 6.45) is 0. The van der Waals surface area contributed by atoms with E-state index in [0.29, 0.717) is 11.4 Å². The van der Waals surface area contributed by atoms with E-state index < -0.39 is 0 Å². The molecule has 2 nitrogen and oxygen atoms in total. The zero-order valence-corrected chi connectivity index (χ0v) is 10.9. The highest BCUT2D eigenvalue weighted by molar-refractivity contribution is 8.00. The van der Waals surface area contributed by atoms with Crippen molar-refractivity contribution < 1.29 is 9.18 Å². The molecule has 1 aliphatic rings. The van der Waals surface area contributed by atoms with E-state index in [0.717, 1.165) is 5.56 Å².